The molecule has 22 heteroatoms. The Morgan fingerprint density at radius 2 is 0.439 bits per heavy atom. The SMILES string of the molecule is CC(COC(=O)C(C)(COC(=O)C(C)(CO)CO)COC(=O)C(C)(CO)CO)(COC(=O)C(C)(COC(=O)C(C)(CO)CO)COC(=O)C(C)(CO)CO)C(=O)O. The maximum absolute atomic E-state index is 13.5. The lowest BCUT2D eigenvalue weighted by Crippen LogP contribution is -2.48. The molecule has 22 nitrogen and oxygen atoms in total. The van der Waals surface area contributed by atoms with Gasteiger partial charge in [0.2, 0.25) is 0 Å². The van der Waals surface area contributed by atoms with Gasteiger partial charge in [-0.05, 0) is 48.5 Å². The Balaban J connectivity index is 6.44. The molecule has 0 saturated carbocycles. The molecule has 0 aromatic carbocycles. The van der Waals surface area contributed by atoms with Crippen LogP contribution in [0.4, 0.5) is 0 Å². The number of carboxylic acids is 1. The van der Waals surface area contributed by atoms with E-state index in [1.54, 1.807) is 0 Å². The van der Waals surface area contributed by atoms with Crippen molar-refractivity contribution in [2.24, 2.45) is 37.9 Å². The molecule has 0 radical (unpaired) electrons. The van der Waals surface area contributed by atoms with E-state index in [-0.39, 0.29) is 0 Å². The van der Waals surface area contributed by atoms with Crippen LogP contribution in [0.1, 0.15) is 48.5 Å². The van der Waals surface area contributed by atoms with Crippen LogP contribution in [0.2, 0.25) is 0 Å². The van der Waals surface area contributed by atoms with Gasteiger partial charge in [-0.1, -0.05) is 0 Å². The third-order valence-corrected chi connectivity index (χ3v) is 9.40. The van der Waals surface area contributed by atoms with E-state index in [2.05, 4.69) is 0 Å². The van der Waals surface area contributed by atoms with Crippen LogP contribution in [-0.2, 0) is 62.0 Å². The highest BCUT2D eigenvalue weighted by Gasteiger charge is 2.47. The molecule has 0 heterocycles. The minimum Gasteiger partial charge on any atom is -0.481 e. The summed E-state index contributed by atoms with van der Waals surface area (Å²) in [6.07, 6.45) is 0. The molecule has 0 rings (SSSR count). The normalized spacial score (nSPS) is 13.0. The zero-order chi connectivity index (χ0) is 44.7. The van der Waals surface area contributed by atoms with Crippen molar-refractivity contribution in [1.29, 1.82) is 0 Å². The summed E-state index contributed by atoms with van der Waals surface area (Å²) in [7, 11) is 0. The quantitative estimate of drug-likeness (QED) is 0.0284. The van der Waals surface area contributed by atoms with Crippen molar-refractivity contribution >= 4 is 41.8 Å². The smallest absolute Gasteiger partial charge is 0.318 e. The van der Waals surface area contributed by atoms with Crippen LogP contribution in [-0.4, -0.2) is 180 Å². The third-order valence-electron chi connectivity index (χ3n) is 9.40. The number of hydrogen-bond acceptors (Lipinski definition) is 21. The fourth-order valence-corrected chi connectivity index (χ4v) is 3.59. The van der Waals surface area contributed by atoms with Gasteiger partial charge >= 0.3 is 41.8 Å². The first-order chi connectivity index (χ1) is 26.2. The molecular weight excluding hydrogens is 772 g/mol. The van der Waals surface area contributed by atoms with Crippen LogP contribution in [0.15, 0.2) is 0 Å². The Bertz CT molecular complexity index is 1230. The molecule has 0 aliphatic rings. The minimum atomic E-state index is -2.27. The monoisotopic (exact) mass is 830 g/mol. The average Bonchev–Trinajstić information content (AvgIpc) is 3.22. The van der Waals surface area contributed by atoms with Crippen molar-refractivity contribution in [2.75, 3.05) is 92.5 Å². The van der Waals surface area contributed by atoms with E-state index in [9.17, 15) is 79.5 Å². The lowest BCUT2D eigenvalue weighted by Gasteiger charge is -2.33. The topological polar surface area (TPSA) is 357 Å². The van der Waals surface area contributed by atoms with Crippen LogP contribution in [0.3, 0.4) is 0 Å². The summed E-state index contributed by atoms with van der Waals surface area (Å²) in [5.74, 6) is -9.15. The number of hydrogen-bond donors (Lipinski definition) is 9. The van der Waals surface area contributed by atoms with E-state index in [1.165, 1.54) is 0 Å². The molecule has 0 bridgehead atoms. The first-order valence-electron chi connectivity index (χ1n) is 17.3. The van der Waals surface area contributed by atoms with Crippen LogP contribution in [0, 0.1) is 37.9 Å². The zero-order valence-electron chi connectivity index (χ0n) is 33.2. The predicted octanol–water partition coefficient (Wildman–Crippen LogP) is -3.69. The van der Waals surface area contributed by atoms with E-state index < -0.39 is 172 Å². The fraction of sp³-hybridized carbons (Fsp3) is 0.800. The van der Waals surface area contributed by atoms with Crippen molar-refractivity contribution < 1.29 is 108 Å². The van der Waals surface area contributed by atoms with Gasteiger partial charge < -0.3 is 74.4 Å². The van der Waals surface area contributed by atoms with Crippen molar-refractivity contribution in [3.05, 3.63) is 0 Å². The molecule has 0 aliphatic carbocycles. The Morgan fingerprint density at radius 1 is 0.298 bits per heavy atom. The molecule has 330 valence electrons. The molecule has 0 spiro atoms. The lowest BCUT2D eigenvalue weighted by atomic mass is 9.89. The first kappa shape index (κ1) is 53.0. The summed E-state index contributed by atoms with van der Waals surface area (Å²) in [4.78, 5) is 90.1. The maximum Gasteiger partial charge on any atom is 0.318 e. The summed E-state index contributed by atoms with van der Waals surface area (Å²) >= 11 is 0. The standard InChI is InChI=1S/C35H58O22/c1-29(8-36,9-37)23(46)54-18-34(6,19-55-24(47)30(2,10-38)11-39)27(50)52-16-33(5,22(44)45)17-53-28(51)35(7,20-56-25(48)31(3,12-40)13-41)21-57-26(49)32(4,14-42)15-43/h36-43H,8-21H2,1-7H3,(H,44,45). The molecule has 0 aromatic rings. The molecule has 9 N–H and O–H groups in total. The van der Waals surface area contributed by atoms with E-state index in [4.69, 9.17) is 28.4 Å². The van der Waals surface area contributed by atoms with Crippen molar-refractivity contribution in [2.45, 2.75) is 48.5 Å². The summed E-state index contributed by atoms with van der Waals surface area (Å²) in [5, 5.41) is 86.5. The molecule has 57 heavy (non-hydrogen) atoms. The second-order valence-corrected chi connectivity index (χ2v) is 16.0. The maximum atomic E-state index is 13.5. The second kappa shape index (κ2) is 21.6. The van der Waals surface area contributed by atoms with Crippen LogP contribution < -0.4 is 0 Å². The van der Waals surface area contributed by atoms with Gasteiger partial charge in [-0.3, -0.25) is 33.6 Å². The number of aliphatic hydroxyl groups excluding tert-OH is 8. The van der Waals surface area contributed by atoms with Gasteiger partial charge in [-0.15, -0.1) is 0 Å². The number of carboxylic acid groups (broad SMARTS) is 1. The van der Waals surface area contributed by atoms with Crippen molar-refractivity contribution in [3.63, 3.8) is 0 Å². The number of aliphatic carboxylic acids is 1. The number of carbonyl (C=O) groups excluding carboxylic acids is 6. The van der Waals surface area contributed by atoms with Gasteiger partial charge in [0.1, 0.15) is 77.5 Å². The Morgan fingerprint density at radius 3 is 0.579 bits per heavy atom. The Kier molecular flexibility index (Phi) is 20.1. The molecule has 0 aromatic heterocycles. The number of aliphatic hydroxyl groups is 8. The van der Waals surface area contributed by atoms with Gasteiger partial charge in [-0.2, -0.15) is 0 Å². The minimum absolute atomic E-state index is 0.876. The third kappa shape index (κ3) is 13.5. The van der Waals surface area contributed by atoms with Gasteiger partial charge in [0.05, 0.1) is 52.9 Å². The zero-order valence-corrected chi connectivity index (χ0v) is 33.2. The summed E-state index contributed by atoms with van der Waals surface area (Å²) in [6.45, 7) is -5.21. The molecule has 0 atom stereocenters. The second-order valence-electron chi connectivity index (χ2n) is 16.0. The summed E-state index contributed by atoms with van der Waals surface area (Å²) < 4.78 is 31.0. The van der Waals surface area contributed by atoms with Gasteiger partial charge in [0, 0.05) is 0 Å². The van der Waals surface area contributed by atoms with Crippen LogP contribution >= 0.6 is 0 Å². The van der Waals surface area contributed by atoms with Gasteiger partial charge in [0.15, 0.2) is 0 Å². The lowest BCUT2D eigenvalue weighted by molar-refractivity contribution is -0.184. The van der Waals surface area contributed by atoms with E-state index in [0.717, 1.165) is 48.5 Å². The summed E-state index contributed by atoms with van der Waals surface area (Å²) in [6, 6.07) is 0. The van der Waals surface area contributed by atoms with Crippen molar-refractivity contribution in [1.82, 2.24) is 0 Å². The molecule has 0 amide bonds. The van der Waals surface area contributed by atoms with E-state index in [1.807, 2.05) is 0 Å². The fourth-order valence-electron chi connectivity index (χ4n) is 3.59. The number of carbonyl (C=O) groups is 7. The van der Waals surface area contributed by atoms with E-state index >= 15 is 0 Å². The molecule has 0 saturated heterocycles. The average molecular weight is 831 g/mol. The molecule has 0 unspecified atom stereocenters. The van der Waals surface area contributed by atoms with Gasteiger partial charge in [-0.25, -0.2) is 0 Å². The summed E-state index contributed by atoms with van der Waals surface area (Å²) in [5.41, 5.74) is -13.9. The van der Waals surface area contributed by atoms with Crippen LogP contribution in [0.25, 0.3) is 0 Å². The van der Waals surface area contributed by atoms with Crippen molar-refractivity contribution in [3.8, 4) is 0 Å². The number of rotatable bonds is 27. The number of esters is 6. The largest absolute Gasteiger partial charge is 0.481 e. The molecule has 0 aliphatic heterocycles. The Hall–Kier alpha value is -4.03. The van der Waals surface area contributed by atoms with E-state index in [0.29, 0.717) is 0 Å². The highest BCUT2D eigenvalue weighted by atomic mass is 16.6. The van der Waals surface area contributed by atoms with Crippen LogP contribution in [0.5, 0.6) is 0 Å². The number of ether oxygens (including phenoxy) is 6. The first-order valence-corrected chi connectivity index (χ1v) is 17.3. The predicted molar refractivity (Wildman–Crippen MR) is 187 cm³/mol. The highest BCUT2D eigenvalue weighted by molar-refractivity contribution is 5.83. The molecular formula is C35H58O22. The van der Waals surface area contributed by atoms with Gasteiger partial charge in [0.25, 0.3) is 0 Å². The Labute approximate surface area is 328 Å². The highest BCUT2D eigenvalue weighted by Crippen LogP contribution is 2.30. The molecule has 0 fully saturated rings.